The van der Waals surface area contributed by atoms with E-state index in [2.05, 4.69) is 0 Å². The van der Waals surface area contributed by atoms with E-state index < -0.39 is 85.9 Å². The summed E-state index contributed by atoms with van der Waals surface area (Å²) in [6, 6.07) is 11.6. The van der Waals surface area contributed by atoms with Gasteiger partial charge in [0.05, 0.1) is 9.79 Å². The second kappa shape index (κ2) is 15.5. The van der Waals surface area contributed by atoms with Crippen molar-refractivity contribution in [3.8, 4) is 17.2 Å². The number of alkyl halides is 6. The van der Waals surface area contributed by atoms with Crippen LogP contribution in [0.4, 0.5) is 26.3 Å². The molecule has 0 aliphatic rings. The summed E-state index contributed by atoms with van der Waals surface area (Å²) in [5, 5.41) is 0. The molecule has 4 aromatic carbocycles. The molecule has 19 heteroatoms. The van der Waals surface area contributed by atoms with Crippen LogP contribution >= 0.6 is 0 Å². The number of benzene rings is 4. The Bertz CT molecular complexity index is 2430. The molecule has 4 aromatic rings. The Kier molecular flexibility index (Phi) is 12.4. The van der Waals surface area contributed by atoms with Gasteiger partial charge in [0.1, 0.15) is 32.6 Å². The van der Waals surface area contributed by atoms with E-state index in [0.717, 1.165) is 36.2 Å². The van der Waals surface area contributed by atoms with Gasteiger partial charge in [-0.05, 0) is 109 Å². The average molecular weight is 867 g/mol. The van der Waals surface area contributed by atoms with E-state index in [1.807, 2.05) is 20.8 Å². The van der Waals surface area contributed by atoms with Crippen molar-refractivity contribution in [3.05, 3.63) is 102 Å². The van der Waals surface area contributed by atoms with Crippen molar-refractivity contribution >= 4 is 30.1 Å². The molecule has 2 N–H and O–H groups in total. The van der Waals surface area contributed by atoms with E-state index in [4.69, 9.17) is 9.47 Å². The fourth-order valence-electron chi connectivity index (χ4n) is 5.94. The predicted molar refractivity (Wildman–Crippen MR) is 197 cm³/mol. The van der Waals surface area contributed by atoms with Crippen LogP contribution in [-0.2, 0) is 40.9 Å². The highest BCUT2D eigenvalue weighted by Crippen LogP contribution is 2.57. The van der Waals surface area contributed by atoms with Crippen LogP contribution in [0.25, 0.3) is 0 Å². The van der Waals surface area contributed by atoms with Gasteiger partial charge >= 0.3 is 12.4 Å². The SMILES string of the molecule is CCC(C)(CC)Oc1ccc(C(c2ccc(Oc3ccc(S(=O)(=O)c4ccc(C(C)(C)CC)cc4)cc3)c(S(=O)(=O)O)c2)(C(F)(F)F)C(F)(F)F)cc1S(=O)(=O)O. The smallest absolute Gasteiger partial charge is 0.411 e. The number of halogens is 6. The second-order valence-electron chi connectivity index (χ2n) is 14.1. The molecule has 0 aliphatic heterocycles. The Hall–Kier alpha value is -4.17. The third kappa shape index (κ3) is 8.96. The molecule has 0 unspecified atom stereocenters. The molecular weight excluding hydrogens is 827 g/mol. The van der Waals surface area contributed by atoms with Crippen molar-refractivity contribution in [1.82, 2.24) is 0 Å². The zero-order valence-corrected chi connectivity index (χ0v) is 33.8. The third-order valence-electron chi connectivity index (χ3n) is 10.2. The quantitative estimate of drug-likeness (QED) is 0.0922. The van der Waals surface area contributed by atoms with E-state index in [-0.39, 0.29) is 58.1 Å². The lowest BCUT2D eigenvalue weighted by atomic mass is 9.73. The van der Waals surface area contributed by atoms with Crippen molar-refractivity contribution in [2.45, 2.75) is 109 Å². The minimum atomic E-state index is -6.38. The maximum Gasteiger partial charge on any atom is 0.411 e. The zero-order chi connectivity index (χ0) is 43.2. The predicted octanol–water partition coefficient (Wildman–Crippen LogP) is 9.86. The maximum absolute atomic E-state index is 15.1. The summed E-state index contributed by atoms with van der Waals surface area (Å²) in [7, 11) is -15.3. The molecular formula is C38H40F6O10S3. The first-order valence-electron chi connectivity index (χ1n) is 17.2. The standard InChI is InChI=1S/C38H40F6O10S3/c1-7-34(4,5)24-10-16-28(17-11-24)55(45,46)29-18-14-27(15-19-29)53-30-20-12-25(22-32(30)56(47,48)49)36(37(39,40)41,38(42,43)44)26-13-21-31(33(23-26)57(50,51)52)54-35(6,8-2)9-3/h10-23H,7-9H2,1-6H3,(H,47,48,49)(H,50,51,52). The molecule has 0 aromatic heterocycles. The first-order valence-corrected chi connectivity index (χ1v) is 21.5. The average Bonchev–Trinajstić information content (AvgIpc) is 3.11. The van der Waals surface area contributed by atoms with Gasteiger partial charge in [-0.15, -0.1) is 0 Å². The minimum absolute atomic E-state index is 0.0554. The van der Waals surface area contributed by atoms with Crippen LogP contribution in [0.1, 0.15) is 77.5 Å². The van der Waals surface area contributed by atoms with Crippen LogP contribution < -0.4 is 9.47 Å². The molecule has 0 amide bonds. The van der Waals surface area contributed by atoms with E-state index in [9.17, 15) is 34.4 Å². The molecule has 4 rings (SSSR count). The summed E-state index contributed by atoms with van der Waals surface area (Å²) >= 11 is 0. The second-order valence-corrected chi connectivity index (χ2v) is 18.8. The van der Waals surface area contributed by atoms with E-state index in [1.165, 1.54) is 19.1 Å². The fraction of sp³-hybridized carbons (Fsp3) is 0.368. The lowest BCUT2D eigenvalue weighted by Gasteiger charge is -2.39. The highest BCUT2D eigenvalue weighted by atomic mass is 32.2. The molecule has 312 valence electrons. The summed E-state index contributed by atoms with van der Waals surface area (Å²) in [5.74, 6) is -2.03. The topological polar surface area (TPSA) is 161 Å². The van der Waals surface area contributed by atoms with Gasteiger partial charge in [0.15, 0.2) is 0 Å². The van der Waals surface area contributed by atoms with E-state index in [1.54, 1.807) is 26.0 Å². The molecule has 0 spiro atoms. The lowest BCUT2D eigenvalue weighted by molar-refractivity contribution is -0.288. The summed E-state index contributed by atoms with van der Waals surface area (Å²) < 4.78 is 198. The Labute approximate surface area is 327 Å². The van der Waals surface area contributed by atoms with Gasteiger partial charge in [-0.2, -0.15) is 43.2 Å². The van der Waals surface area contributed by atoms with Gasteiger partial charge in [-0.3, -0.25) is 9.11 Å². The summed E-state index contributed by atoms with van der Waals surface area (Å²) in [6.45, 7) is 10.7. The van der Waals surface area contributed by atoms with Crippen LogP contribution in [0.5, 0.6) is 17.2 Å². The van der Waals surface area contributed by atoms with E-state index >= 15 is 26.3 Å². The molecule has 0 atom stereocenters. The molecule has 10 nitrogen and oxygen atoms in total. The van der Waals surface area contributed by atoms with Gasteiger partial charge in [0, 0.05) is 0 Å². The van der Waals surface area contributed by atoms with Gasteiger partial charge in [0.2, 0.25) is 15.3 Å². The number of sulfone groups is 1. The molecule has 0 aliphatic carbocycles. The zero-order valence-electron chi connectivity index (χ0n) is 31.4. The van der Waals surface area contributed by atoms with E-state index in [0.29, 0.717) is 12.1 Å². The largest absolute Gasteiger partial charge is 0.486 e. The monoisotopic (exact) mass is 866 g/mol. The lowest BCUT2D eigenvalue weighted by Crippen LogP contribution is -2.55. The molecule has 0 bridgehead atoms. The molecule has 0 saturated carbocycles. The van der Waals surface area contributed by atoms with Crippen LogP contribution in [0.3, 0.4) is 0 Å². The highest BCUT2D eigenvalue weighted by Gasteiger charge is 2.73. The molecule has 0 heterocycles. The summed E-state index contributed by atoms with van der Waals surface area (Å²) in [6.07, 6.45) is -11.5. The first kappa shape index (κ1) is 45.5. The third-order valence-corrected chi connectivity index (χ3v) is 13.7. The molecule has 0 radical (unpaired) electrons. The Balaban J connectivity index is 1.86. The van der Waals surface area contributed by atoms with Crippen LogP contribution in [0.15, 0.2) is 105 Å². The summed E-state index contributed by atoms with van der Waals surface area (Å²) in [4.78, 5) is -3.28. The fourth-order valence-corrected chi connectivity index (χ4v) is 8.48. The first-order chi connectivity index (χ1) is 26.0. The Morgan fingerprint density at radius 3 is 1.32 bits per heavy atom. The van der Waals surface area contributed by atoms with Crippen molar-refractivity contribution in [1.29, 1.82) is 0 Å². The van der Waals surface area contributed by atoms with Gasteiger partial charge in [-0.1, -0.05) is 58.9 Å². The summed E-state index contributed by atoms with van der Waals surface area (Å²) in [5.41, 5.74) is -9.28. The number of hydrogen-bond acceptors (Lipinski definition) is 8. The Morgan fingerprint density at radius 2 is 0.930 bits per heavy atom. The Morgan fingerprint density at radius 1 is 0.544 bits per heavy atom. The van der Waals surface area contributed by atoms with Crippen molar-refractivity contribution in [2.24, 2.45) is 0 Å². The van der Waals surface area contributed by atoms with Crippen LogP contribution in [-0.4, -0.2) is 52.3 Å². The van der Waals surface area contributed by atoms with Crippen LogP contribution in [0, 0.1) is 0 Å². The maximum atomic E-state index is 15.1. The van der Waals surface area contributed by atoms with Gasteiger partial charge in [0.25, 0.3) is 20.2 Å². The molecule has 0 fully saturated rings. The van der Waals surface area contributed by atoms with Crippen molar-refractivity contribution in [3.63, 3.8) is 0 Å². The highest BCUT2D eigenvalue weighted by molar-refractivity contribution is 7.91. The number of rotatable bonds is 14. The number of ether oxygens (including phenoxy) is 2. The van der Waals surface area contributed by atoms with Gasteiger partial charge < -0.3 is 9.47 Å². The van der Waals surface area contributed by atoms with Crippen LogP contribution in [0.2, 0.25) is 0 Å². The van der Waals surface area contributed by atoms with Gasteiger partial charge in [-0.25, -0.2) is 8.42 Å². The normalized spacial score (nSPS) is 13.7. The molecule has 57 heavy (non-hydrogen) atoms. The molecule has 0 saturated heterocycles. The van der Waals surface area contributed by atoms with Crippen molar-refractivity contribution < 1.29 is 70.2 Å². The minimum Gasteiger partial charge on any atom is -0.486 e. The van der Waals surface area contributed by atoms with Crippen molar-refractivity contribution in [2.75, 3.05) is 0 Å². The number of hydrogen-bond donors (Lipinski definition) is 2.